The number of halogens is 2. The van der Waals surface area contributed by atoms with Gasteiger partial charge in [0.25, 0.3) is 0 Å². The van der Waals surface area contributed by atoms with Gasteiger partial charge in [-0.25, -0.2) is 4.39 Å². The lowest BCUT2D eigenvalue weighted by Crippen LogP contribution is -2.15. The van der Waals surface area contributed by atoms with Crippen LogP contribution in [0.3, 0.4) is 0 Å². The molecule has 0 saturated carbocycles. The zero-order chi connectivity index (χ0) is 10.0. The van der Waals surface area contributed by atoms with Crippen LogP contribution in [0.25, 0.3) is 0 Å². The van der Waals surface area contributed by atoms with Crippen molar-refractivity contribution in [3.63, 3.8) is 0 Å². The monoisotopic (exact) mass is 219 g/mol. The average molecular weight is 220 g/mol. The van der Waals surface area contributed by atoms with Gasteiger partial charge in [-0.1, -0.05) is 11.6 Å². The highest BCUT2D eigenvalue weighted by Crippen LogP contribution is 2.26. The van der Waals surface area contributed by atoms with Crippen LogP contribution in [0.15, 0.2) is 18.2 Å². The van der Waals surface area contributed by atoms with Crippen molar-refractivity contribution in [2.75, 3.05) is 14.1 Å². The molecule has 0 spiro atoms. The molecule has 0 aliphatic heterocycles. The summed E-state index contributed by atoms with van der Waals surface area (Å²) in [5, 5.41) is 0.260. The Kier molecular flexibility index (Phi) is 3.59. The summed E-state index contributed by atoms with van der Waals surface area (Å²) in [6.45, 7) is 0. The van der Waals surface area contributed by atoms with E-state index in [0.29, 0.717) is 10.6 Å². The summed E-state index contributed by atoms with van der Waals surface area (Å²) < 4.78 is 13.2. The van der Waals surface area contributed by atoms with Crippen LogP contribution in [-0.2, 0) is 0 Å². The van der Waals surface area contributed by atoms with Crippen LogP contribution in [-0.4, -0.2) is 19.0 Å². The summed E-state index contributed by atoms with van der Waals surface area (Å²) >= 11 is 10.0. The van der Waals surface area contributed by atoms with Crippen molar-refractivity contribution in [3.8, 4) is 0 Å². The predicted molar refractivity (Wildman–Crippen MR) is 56.8 cm³/mol. The molecule has 0 amide bonds. The normalized spacial score (nSPS) is 13.4. The number of hydrogen-bond acceptors (Lipinski definition) is 2. The van der Waals surface area contributed by atoms with E-state index in [4.69, 9.17) is 11.6 Å². The highest BCUT2D eigenvalue weighted by molar-refractivity contribution is 7.80. The lowest BCUT2D eigenvalue weighted by molar-refractivity contribution is 0.384. The van der Waals surface area contributed by atoms with Crippen molar-refractivity contribution in [2.45, 2.75) is 5.37 Å². The Balaban J connectivity index is 3.05. The largest absolute Gasteiger partial charge is 0.294 e. The maximum absolute atomic E-state index is 13.2. The van der Waals surface area contributed by atoms with Gasteiger partial charge in [0.15, 0.2) is 0 Å². The molecule has 13 heavy (non-hydrogen) atoms. The van der Waals surface area contributed by atoms with E-state index in [1.807, 2.05) is 14.1 Å². The van der Waals surface area contributed by atoms with Crippen molar-refractivity contribution in [1.82, 2.24) is 4.90 Å². The molecule has 0 heterocycles. The maximum atomic E-state index is 13.2. The molecule has 0 fully saturated rings. The Hall–Kier alpha value is -0.250. The van der Waals surface area contributed by atoms with Crippen molar-refractivity contribution >= 4 is 24.2 Å². The van der Waals surface area contributed by atoms with Crippen LogP contribution in [0.1, 0.15) is 10.9 Å². The molecule has 1 aromatic rings. The van der Waals surface area contributed by atoms with Gasteiger partial charge in [-0.05, 0) is 32.3 Å². The minimum absolute atomic E-state index is 0.265. The van der Waals surface area contributed by atoms with Gasteiger partial charge in [-0.2, -0.15) is 12.6 Å². The summed E-state index contributed by atoms with van der Waals surface area (Å²) in [7, 11) is 3.66. The van der Waals surface area contributed by atoms with E-state index in [2.05, 4.69) is 12.6 Å². The summed E-state index contributed by atoms with van der Waals surface area (Å²) in [5.74, 6) is -0.280. The smallest absolute Gasteiger partial charge is 0.128 e. The summed E-state index contributed by atoms with van der Waals surface area (Å²) in [6, 6.07) is 4.47. The third-order valence-electron chi connectivity index (χ3n) is 1.73. The minimum atomic E-state index is -0.280. The Morgan fingerprint density at radius 3 is 2.62 bits per heavy atom. The summed E-state index contributed by atoms with van der Waals surface area (Å²) in [5.41, 5.74) is 0.501. The second-order valence-corrected chi connectivity index (χ2v) is 3.93. The second kappa shape index (κ2) is 4.31. The van der Waals surface area contributed by atoms with Gasteiger partial charge in [-0.15, -0.1) is 0 Å². The lowest BCUT2D eigenvalue weighted by atomic mass is 10.2. The van der Waals surface area contributed by atoms with E-state index in [9.17, 15) is 4.39 Å². The van der Waals surface area contributed by atoms with Gasteiger partial charge in [0.05, 0.1) is 5.37 Å². The molecular weight excluding hydrogens is 209 g/mol. The zero-order valence-corrected chi connectivity index (χ0v) is 9.11. The third kappa shape index (κ3) is 2.59. The standard InChI is InChI=1S/C9H11ClFNS/c1-12(2)9(13)7-5-6(10)3-4-8(7)11/h3-5,9,13H,1-2H3. The fraction of sp³-hybridized carbons (Fsp3) is 0.333. The molecule has 0 radical (unpaired) electrons. The first-order valence-corrected chi connectivity index (χ1v) is 4.71. The van der Waals surface area contributed by atoms with Crippen LogP contribution < -0.4 is 0 Å². The SMILES string of the molecule is CN(C)C(S)c1cc(Cl)ccc1F. The molecule has 1 unspecified atom stereocenters. The number of benzene rings is 1. The molecule has 72 valence electrons. The van der Waals surface area contributed by atoms with Crippen LogP contribution in [0.2, 0.25) is 5.02 Å². The number of hydrogen-bond donors (Lipinski definition) is 1. The average Bonchev–Trinajstić information content (AvgIpc) is 2.08. The summed E-state index contributed by atoms with van der Waals surface area (Å²) in [6.07, 6.45) is 0. The van der Waals surface area contributed by atoms with Gasteiger partial charge in [0, 0.05) is 10.6 Å². The lowest BCUT2D eigenvalue weighted by Gasteiger charge is -2.19. The fourth-order valence-corrected chi connectivity index (χ4v) is 1.37. The van der Waals surface area contributed by atoms with Crippen LogP contribution in [0, 0.1) is 5.82 Å². The molecule has 4 heteroatoms. The maximum Gasteiger partial charge on any atom is 0.128 e. The van der Waals surface area contributed by atoms with Crippen molar-refractivity contribution in [1.29, 1.82) is 0 Å². The topological polar surface area (TPSA) is 3.24 Å². The minimum Gasteiger partial charge on any atom is -0.294 e. The van der Waals surface area contributed by atoms with Gasteiger partial charge >= 0.3 is 0 Å². The first-order chi connectivity index (χ1) is 6.02. The summed E-state index contributed by atoms with van der Waals surface area (Å²) in [4.78, 5) is 1.80. The molecule has 0 saturated heterocycles. The van der Waals surface area contributed by atoms with Crippen molar-refractivity contribution in [3.05, 3.63) is 34.6 Å². The second-order valence-electron chi connectivity index (χ2n) is 3.00. The molecule has 0 aliphatic carbocycles. The van der Waals surface area contributed by atoms with Crippen LogP contribution in [0.5, 0.6) is 0 Å². The van der Waals surface area contributed by atoms with Gasteiger partial charge in [-0.3, -0.25) is 4.90 Å². The Morgan fingerprint density at radius 2 is 2.08 bits per heavy atom. The molecule has 0 aliphatic rings. The van der Waals surface area contributed by atoms with Gasteiger partial charge < -0.3 is 0 Å². The molecular formula is C9H11ClFNS. The highest BCUT2D eigenvalue weighted by Gasteiger charge is 2.13. The van der Waals surface area contributed by atoms with Gasteiger partial charge in [0.1, 0.15) is 5.82 Å². The van der Waals surface area contributed by atoms with Crippen LogP contribution >= 0.6 is 24.2 Å². The van der Waals surface area contributed by atoms with E-state index in [-0.39, 0.29) is 11.2 Å². The molecule has 1 rings (SSSR count). The zero-order valence-electron chi connectivity index (χ0n) is 7.46. The Bertz CT molecular complexity index is 304. The Morgan fingerprint density at radius 1 is 1.46 bits per heavy atom. The first-order valence-electron chi connectivity index (χ1n) is 3.82. The van der Waals surface area contributed by atoms with E-state index >= 15 is 0 Å². The predicted octanol–water partition coefficient (Wildman–Crippen LogP) is 2.97. The molecule has 1 atom stereocenters. The molecule has 0 aromatic heterocycles. The van der Waals surface area contributed by atoms with E-state index in [0.717, 1.165) is 0 Å². The Labute approximate surface area is 87.9 Å². The van der Waals surface area contributed by atoms with Crippen molar-refractivity contribution in [2.24, 2.45) is 0 Å². The molecule has 1 aromatic carbocycles. The third-order valence-corrected chi connectivity index (χ3v) is 2.70. The molecule has 0 N–H and O–H groups in total. The quantitative estimate of drug-likeness (QED) is 0.591. The van der Waals surface area contributed by atoms with Crippen LogP contribution in [0.4, 0.5) is 4.39 Å². The first kappa shape index (κ1) is 10.8. The molecule has 1 nitrogen and oxygen atoms in total. The highest BCUT2D eigenvalue weighted by atomic mass is 35.5. The van der Waals surface area contributed by atoms with Gasteiger partial charge in [0.2, 0.25) is 0 Å². The van der Waals surface area contributed by atoms with Crippen molar-refractivity contribution < 1.29 is 4.39 Å². The number of nitrogens with zero attached hydrogens (tertiary/aromatic N) is 1. The van der Waals surface area contributed by atoms with E-state index < -0.39 is 0 Å². The van der Waals surface area contributed by atoms with E-state index in [1.54, 1.807) is 11.0 Å². The number of thiol groups is 1. The van der Waals surface area contributed by atoms with E-state index in [1.165, 1.54) is 12.1 Å². The fourth-order valence-electron chi connectivity index (χ4n) is 0.991. The molecule has 0 bridgehead atoms. The number of rotatable bonds is 2.